The average Bonchev–Trinajstić information content (AvgIpc) is 2.14. The smallest absolute Gasteiger partial charge is 0.242 e. The van der Waals surface area contributed by atoms with Gasteiger partial charge in [-0.05, 0) is 0 Å². The molecule has 0 fully saturated rings. The molecule has 0 radical (unpaired) electrons. The highest BCUT2D eigenvalue weighted by Gasteiger charge is 2.15. The van der Waals surface area contributed by atoms with E-state index in [2.05, 4.69) is 15.2 Å². The van der Waals surface area contributed by atoms with E-state index in [9.17, 15) is 9.50 Å². The molecule has 2 aromatic heterocycles. The second kappa shape index (κ2) is 3.18. The van der Waals surface area contributed by atoms with Crippen molar-refractivity contribution in [2.45, 2.75) is 0 Å². The quantitative estimate of drug-likeness (QED) is 0.709. The van der Waals surface area contributed by atoms with E-state index >= 15 is 0 Å². The fourth-order valence-corrected chi connectivity index (χ4v) is 1.55. The van der Waals surface area contributed by atoms with Gasteiger partial charge in [-0.3, -0.25) is 0 Å². The third kappa shape index (κ3) is 1.25. The van der Waals surface area contributed by atoms with E-state index < -0.39 is 11.7 Å². The zero-order chi connectivity index (χ0) is 10.3. The molecule has 0 aromatic carbocycles. The molecular formula is C7H2Cl2FN3O. The van der Waals surface area contributed by atoms with Crippen molar-refractivity contribution in [3.05, 3.63) is 22.3 Å². The predicted octanol–water partition coefficient (Wildman–Crippen LogP) is 2.18. The van der Waals surface area contributed by atoms with Gasteiger partial charge in [0.15, 0.2) is 11.0 Å². The van der Waals surface area contributed by atoms with Gasteiger partial charge in [-0.25, -0.2) is 9.37 Å². The van der Waals surface area contributed by atoms with Gasteiger partial charge in [0.2, 0.25) is 5.88 Å². The topological polar surface area (TPSA) is 58.9 Å². The van der Waals surface area contributed by atoms with Crippen LogP contribution in [-0.2, 0) is 0 Å². The van der Waals surface area contributed by atoms with E-state index in [1.165, 1.54) is 0 Å². The van der Waals surface area contributed by atoms with Crippen LogP contribution in [0.4, 0.5) is 4.39 Å². The number of hydrogen-bond donors (Lipinski definition) is 1. The van der Waals surface area contributed by atoms with Gasteiger partial charge in [-0.15, -0.1) is 5.10 Å². The molecule has 72 valence electrons. The summed E-state index contributed by atoms with van der Waals surface area (Å²) in [6.07, 6.45) is 1.11. The third-order valence-corrected chi connectivity index (χ3v) is 2.18. The summed E-state index contributed by atoms with van der Waals surface area (Å²) in [5.74, 6) is -1.26. The highest BCUT2D eigenvalue weighted by molar-refractivity contribution is 6.37. The molecule has 2 rings (SSSR count). The van der Waals surface area contributed by atoms with Gasteiger partial charge < -0.3 is 5.11 Å². The van der Waals surface area contributed by atoms with E-state index in [1.807, 2.05) is 0 Å². The van der Waals surface area contributed by atoms with Crippen molar-refractivity contribution in [2.75, 3.05) is 0 Å². The van der Waals surface area contributed by atoms with Gasteiger partial charge in [0.05, 0.1) is 11.6 Å². The molecule has 1 N–H and O–H groups in total. The van der Waals surface area contributed by atoms with Crippen LogP contribution in [0.5, 0.6) is 5.88 Å². The average molecular weight is 234 g/mol. The van der Waals surface area contributed by atoms with Crippen molar-refractivity contribution in [1.29, 1.82) is 0 Å². The number of nitrogens with zero attached hydrogens (tertiary/aromatic N) is 3. The van der Waals surface area contributed by atoms with Crippen molar-refractivity contribution in [2.24, 2.45) is 0 Å². The summed E-state index contributed by atoms with van der Waals surface area (Å²) < 4.78 is 13.3. The summed E-state index contributed by atoms with van der Waals surface area (Å²) in [5.41, 5.74) is 0. The second-order valence-corrected chi connectivity index (χ2v) is 3.18. The molecule has 2 aromatic rings. The maximum atomic E-state index is 13.3. The first-order valence-electron chi connectivity index (χ1n) is 3.46. The highest BCUT2D eigenvalue weighted by Crippen LogP contribution is 2.31. The Morgan fingerprint density at radius 3 is 2.71 bits per heavy atom. The number of fused-ring (bicyclic) bond motifs is 1. The van der Waals surface area contributed by atoms with Crippen molar-refractivity contribution in [3.63, 3.8) is 0 Å². The number of halogens is 3. The van der Waals surface area contributed by atoms with Crippen molar-refractivity contribution < 1.29 is 9.50 Å². The fraction of sp³-hybridized carbons (Fsp3) is 0. The molecule has 0 amide bonds. The van der Waals surface area contributed by atoms with Gasteiger partial charge in [-0.2, -0.15) is 5.10 Å². The Kier molecular flexibility index (Phi) is 2.13. The largest absolute Gasteiger partial charge is 0.492 e. The Morgan fingerprint density at radius 2 is 2.00 bits per heavy atom. The van der Waals surface area contributed by atoms with E-state index in [-0.39, 0.29) is 21.1 Å². The van der Waals surface area contributed by atoms with Crippen LogP contribution in [0.3, 0.4) is 0 Å². The maximum Gasteiger partial charge on any atom is 0.242 e. The van der Waals surface area contributed by atoms with Gasteiger partial charge in [0.25, 0.3) is 0 Å². The minimum Gasteiger partial charge on any atom is -0.492 e. The van der Waals surface area contributed by atoms with Crippen LogP contribution in [0.2, 0.25) is 10.3 Å². The summed E-state index contributed by atoms with van der Waals surface area (Å²) in [7, 11) is 0. The highest BCUT2D eigenvalue weighted by atomic mass is 35.5. The number of pyridine rings is 1. The van der Waals surface area contributed by atoms with Gasteiger partial charge in [-0.1, -0.05) is 23.2 Å². The van der Waals surface area contributed by atoms with Gasteiger partial charge in [0.1, 0.15) is 5.15 Å². The van der Waals surface area contributed by atoms with Crippen molar-refractivity contribution in [3.8, 4) is 5.88 Å². The van der Waals surface area contributed by atoms with Crippen LogP contribution < -0.4 is 0 Å². The van der Waals surface area contributed by atoms with Crippen LogP contribution in [0.25, 0.3) is 10.8 Å². The molecular weight excluding hydrogens is 232 g/mol. The summed E-state index contributed by atoms with van der Waals surface area (Å²) in [4.78, 5) is 3.49. The molecule has 0 unspecified atom stereocenters. The lowest BCUT2D eigenvalue weighted by Crippen LogP contribution is -1.91. The zero-order valence-electron chi connectivity index (χ0n) is 6.50. The summed E-state index contributed by atoms with van der Waals surface area (Å²) in [5, 5.41) is 15.5. The molecule has 0 aliphatic rings. The number of aromatic nitrogens is 3. The molecule has 4 nitrogen and oxygen atoms in total. The standard InChI is InChI=1S/C7H2Cl2FN3O/c8-5-3-2(1-11-13-7(3)14)4(10)6(9)12-5/h1H,(H,13,14). The van der Waals surface area contributed by atoms with E-state index in [1.54, 1.807) is 0 Å². The molecule has 7 heteroatoms. The Labute approximate surface area is 87.3 Å². The minimum atomic E-state index is -0.781. The molecule has 0 aliphatic heterocycles. The first-order valence-corrected chi connectivity index (χ1v) is 4.21. The van der Waals surface area contributed by atoms with Crippen LogP contribution in [-0.4, -0.2) is 20.3 Å². The normalized spacial score (nSPS) is 10.8. The Hall–Kier alpha value is -1.20. The van der Waals surface area contributed by atoms with Gasteiger partial charge in [0, 0.05) is 5.39 Å². The molecule has 0 atom stereocenters. The number of aromatic hydroxyl groups is 1. The van der Waals surface area contributed by atoms with E-state index in [0.717, 1.165) is 6.20 Å². The molecule has 0 bridgehead atoms. The van der Waals surface area contributed by atoms with E-state index in [0.29, 0.717) is 0 Å². The minimum absolute atomic E-state index is 0.00330. The lowest BCUT2D eigenvalue weighted by atomic mass is 10.2. The second-order valence-electron chi connectivity index (χ2n) is 2.46. The lowest BCUT2D eigenvalue weighted by Gasteiger charge is -2.02. The molecule has 14 heavy (non-hydrogen) atoms. The molecule has 0 aliphatic carbocycles. The van der Waals surface area contributed by atoms with Crippen LogP contribution in [0.15, 0.2) is 6.20 Å². The first-order chi connectivity index (χ1) is 6.61. The Bertz CT molecular complexity index is 520. The van der Waals surface area contributed by atoms with Crippen LogP contribution in [0.1, 0.15) is 0 Å². The molecule has 0 saturated carbocycles. The fourth-order valence-electron chi connectivity index (χ4n) is 1.05. The third-order valence-electron chi connectivity index (χ3n) is 1.65. The summed E-state index contributed by atoms with van der Waals surface area (Å²) >= 11 is 11.1. The maximum absolute atomic E-state index is 13.3. The Balaban J connectivity index is 3.02. The van der Waals surface area contributed by atoms with Gasteiger partial charge >= 0.3 is 0 Å². The monoisotopic (exact) mass is 233 g/mol. The summed E-state index contributed by atoms with van der Waals surface area (Å²) in [6.45, 7) is 0. The zero-order valence-corrected chi connectivity index (χ0v) is 8.01. The van der Waals surface area contributed by atoms with Crippen LogP contribution in [0, 0.1) is 5.82 Å². The van der Waals surface area contributed by atoms with E-state index in [4.69, 9.17) is 23.2 Å². The first kappa shape index (κ1) is 9.36. The SMILES string of the molecule is Oc1nncc2c(F)c(Cl)nc(Cl)c12. The molecule has 0 spiro atoms. The molecule has 0 saturated heterocycles. The number of rotatable bonds is 0. The number of hydrogen-bond acceptors (Lipinski definition) is 4. The van der Waals surface area contributed by atoms with Crippen molar-refractivity contribution in [1.82, 2.24) is 15.2 Å². The van der Waals surface area contributed by atoms with Crippen LogP contribution >= 0.6 is 23.2 Å². The van der Waals surface area contributed by atoms with Crippen molar-refractivity contribution >= 4 is 34.0 Å². The Morgan fingerprint density at radius 1 is 1.29 bits per heavy atom. The molecule has 2 heterocycles. The summed E-state index contributed by atoms with van der Waals surface area (Å²) in [6, 6.07) is 0. The predicted molar refractivity (Wildman–Crippen MR) is 49.0 cm³/mol. The lowest BCUT2D eigenvalue weighted by molar-refractivity contribution is 0.452.